The third kappa shape index (κ3) is 1.53. The molecule has 0 aliphatic heterocycles. The van der Waals surface area contributed by atoms with Crippen molar-refractivity contribution in [3.63, 3.8) is 0 Å². The maximum Gasteiger partial charge on any atom is 0.274 e. The number of nitrogen functional groups attached to an aromatic ring is 1. The Hall–Kier alpha value is -2.13. The Kier molecular flexibility index (Phi) is 2.69. The van der Waals surface area contributed by atoms with Crippen LogP contribution in [0, 0.1) is 0 Å². The maximum absolute atomic E-state index is 13.0. The number of rotatable bonds is 1. The minimum Gasteiger partial charge on any atom is -0.388 e. The maximum atomic E-state index is 13.0. The van der Waals surface area contributed by atoms with Crippen molar-refractivity contribution in [2.45, 2.75) is 24.7 Å². The van der Waals surface area contributed by atoms with Gasteiger partial charge in [-0.3, -0.25) is 4.57 Å². The number of halogens is 2. The van der Waals surface area contributed by atoms with Crippen LogP contribution in [-0.2, 0) is 5.72 Å². The molecule has 2 heterocycles. The summed E-state index contributed by atoms with van der Waals surface area (Å²) in [5, 5.41) is 20.5. The zero-order chi connectivity index (χ0) is 14.5. The summed E-state index contributed by atoms with van der Waals surface area (Å²) in [6.45, 7) is 0. The van der Waals surface area contributed by atoms with Crippen molar-refractivity contribution in [1.29, 1.82) is 0 Å². The smallest absolute Gasteiger partial charge is 0.274 e. The molecule has 0 saturated heterocycles. The Morgan fingerprint density at radius 1 is 1.40 bits per heavy atom. The summed E-state index contributed by atoms with van der Waals surface area (Å²) in [4.78, 5) is 11.5. The van der Waals surface area contributed by atoms with Crippen LogP contribution in [-0.4, -0.2) is 35.8 Å². The molecule has 7 nitrogen and oxygen atoms in total. The number of aliphatic hydroxyl groups excluding tert-OH is 1. The van der Waals surface area contributed by atoms with Crippen LogP contribution in [0.5, 0.6) is 0 Å². The number of anilines is 1. The molecule has 3 rings (SSSR count). The van der Waals surface area contributed by atoms with E-state index in [9.17, 15) is 19.0 Å². The fourth-order valence-corrected chi connectivity index (χ4v) is 2.51. The zero-order valence-corrected chi connectivity index (χ0v) is 10.2. The normalized spacial score (nSPS) is 26.4. The summed E-state index contributed by atoms with van der Waals surface area (Å²) in [5.41, 5.74) is 3.06. The van der Waals surface area contributed by atoms with E-state index in [1.165, 1.54) is 0 Å². The van der Waals surface area contributed by atoms with E-state index in [1.807, 2.05) is 0 Å². The van der Waals surface area contributed by atoms with Crippen molar-refractivity contribution in [2.24, 2.45) is 0 Å². The van der Waals surface area contributed by atoms with E-state index < -0.39 is 23.5 Å². The second-order valence-corrected chi connectivity index (χ2v) is 4.57. The van der Waals surface area contributed by atoms with E-state index in [0.717, 1.165) is 17.2 Å². The second-order valence-electron chi connectivity index (χ2n) is 4.57. The van der Waals surface area contributed by atoms with Crippen molar-refractivity contribution in [3.05, 3.63) is 24.3 Å². The van der Waals surface area contributed by atoms with Crippen LogP contribution in [0.4, 0.5) is 14.6 Å². The number of aromatic nitrogens is 4. The van der Waals surface area contributed by atoms with E-state index in [1.54, 1.807) is 0 Å². The number of nitrogens with two attached hydrogens (primary N) is 1. The monoisotopic (exact) mass is 283 g/mol. The second kappa shape index (κ2) is 4.18. The third-order valence-electron chi connectivity index (χ3n) is 3.53. The first-order chi connectivity index (χ1) is 9.46. The Bertz CT molecular complexity index is 712. The third-order valence-corrected chi connectivity index (χ3v) is 3.53. The van der Waals surface area contributed by atoms with Gasteiger partial charge in [-0.2, -0.15) is 8.78 Å². The van der Waals surface area contributed by atoms with Gasteiger partial charge in [-0.25, -0.2) is 15.0 Å². The molecule has 0 amide bonds. The molecular weight excluding hydrogens is 272 g/mol. The summed E-state index contributed by atoms with van der Waals surface area (Å²) >= 11 is 0. The Balaban J connectivity index is 2.29. The molecule has 0 spiro atoms. The van der Waals surface area contributed by atoms with Crippen LogP contribution in [0.1, 0.15) is 12.8 Å². The van der Waals surface area contributed by atoms with Gasteiger partial charge in [0.2, 0.25) is 0 Å². The standard InChI is InChI=1S/C11H11F2N5O2/c12-8(13)5-1-2-6(19)11(5,20)18-4-17-7-9(14)15-3-16-10(7)18/h3-4,6,19-20H,1-2H2,(H2,14,15,16). The Morgan fingerprint density at radius 2 is 2.15 bits per heavy atom. The highest BCUT2D eigenvalue weighted by molar-refractivity contribution is 5.81. The SMILES string of the molecule is Nc1ncnc2c1ncn2C1(O)C(=C(F)F)CCC1O. The molecule has 20 heavy (non-hydrogen) atoms. The van der Waals surface area contributed by atoms with Crippen LogP contribution in [0.3, 0.4) is 0 Å². The molecule has 1 aliphatic rings. The minimum atomic E-state index is -2.27. The molecule has 106 valence electrons. The summed E-state index contributed by atoms with van der Waals surface area (Å²) in [6.07, 6.45) is -1.24. The van der Waals surface area contributed by atoms with Crippen LogP contribution < -0.4 is 5.73 Å². The number of hydrogen-bond acceptors (Lipinski definition) is 6. The van der Waals surface area contributed by atoms with Gasteiger partial charge in [0.05, 0.1) is 11.9 Å². The molecule has 1 saturated carbocycles. The first-order valence-corrected chi connectivity index (χ1v) is 5.85. The van der Waals surface area contributed by atoms with Crippen LogP contribution in [0.15, 0.2) is 24.3 Å². The highest BCUT2D eigenvalue weighted by Gasteiger charge is 2.49. The number of hydrogen-bond donors (Lipinski definition) is 3. The predicted molar refractivity (Wildman–Crippen MR) is 64.4 cm³/mol. The van der Waals surface area contributed by atoms with Gasteiger partial charge in [-0.1, -0.05) is 0 Å². The number of aliphatic hydroxyl groups is 2. The molecule has 1 aliphatic carbocycles. The molecule has 4 N–H and O–H groups in total. The van der Waals surface area contributed by atoms with E-state index >= 15 is 0 Å². The molecule has 0 bridgehead atoms. The van der Waals surface area contributed by atoms with Crippen LogP contribution in [0.2, 0.25) is 0 Å². The predicted octanol–water partition coefficient (Wildman–Crippen LogP) is 0.359. The average molecular weight is 283 g/mol. The molecular formula is C11H11F2N5O2. The van der Waals surface area contributed by atoms with Gasteiger partial charge >= 0.3 is 0 Å². The van der Waals surface area contributed by atoms with Gasteiger partial charge in [0.1, 0.15) is 17.9 Å². The fourth-order valence-electron chi connectivity index (χ4n) is 2.51. The number of nitrogens with zero attached hydrogens (tertiary/aromatic N) is 4. The van der Waals surface area contributed by atoms with Gasteiger partial charge in [-0.15, -0.1) is 0 Å². The highest BCUT2D eigenvalue weighted by atomic mass is 19.3. The van der Waals surface area contributed by atoms with Crippen molar-refractivity contribution >= 4 is 17.0 Å². The van der Waals surface area contributed by atoms with Crippen LogP contribution >= 0.6 is 0 Å². The number of fused-ring (bicyclic) bond motifs is 1. The lowest BCUT2D eigenvalue weighted by molar-refractivity contribution is -0.0878. The molecule has 2 atom stereocenters. The average Bonchev–Trinajstić information content (AvgIpc) is 2.94. The lowest BCUT2D eigenvalue weighted by Crippen LogP contribution is -2.42. The molecule has 9 heteroatoms. The zero-order valence-electron chi connectivity index (χ0n) is 10.2. The topological polar surface area (TPSA) is 110 Å². The van der Waals surface area contributed by atoms with E-state index in [-0.39, 0.29) is 29.8 Å². The van der Waals surface area contributed by atoms with Crippen molar-refractivity contribution in [2.75, 3.05) is 5.73 Å². The summed E-state index contributed by atoms with van der Waals surface area (Å²) in [6, 6.07) is 0. The van der Waals surface area contributed by atoms with Crippen molar-refractivity contribution in [1.82, 2.24) is 19.5 Å². The van der Waals surface area contributed by atoms with Crippen molar-refractivity contribution in [3.8, 4) is 0 Å². The lowest BCUT2D eigenvalue weighted by atomic mass is 10.1. The lowest BCUT2D eigenvalue weighted by Gasteiger charge is -2.29. The van der Waals surface area contributed by atoms with Gasteiger partial charge in [-0.05, 0) is 12.8 Å². The Morgan fingerprint density at radius 3 is 2.85 bits per heavy atom. The van der Waals surface area contributed by atoms with Crippen LogP contribution in [0.25, 0.3) is 11.2 Å². The van der Waals surface area contributed by atoms with Gasteiger partial charge in [0.25, 0.3) is 6.08 Å². The van der Waals surface area contributed by atoms with Gasteiger partial charge in [0.15, 0.2) is 17.2 Å². The van der Waals surface area contributed by atoms with E-state index in [4.69, 9.17) is 5.73 Å². The molecule has 0 radical (unpaired) electrons. The van der Waals surface area contributed by atoms with Crippen molar-refractivity contribution < 1.29 is 19.0 Å². The first-order valence-electron chi connectivity index (χ1n) is 5.85. The Labute approximate surface area is 111 Å². The van der Waals surface area contributed by atoms with Gasteiger partial charge < -0.3 is 15.9 Å². The van der Waals surface area contributed by atoms with Gasteiger partial charge in [0, 0.05) is 0 Å². The van der Waals surface area contributed by atoms with E-state index in [0.29, 0.717) is 0 Å². The molecule has 0 aromatic carbocycles. The molecule has 1 fully saturated rings. The van der Waals surface area contributed by atoms with E-state index in [2.05, 4.69) is 15.0 Å². The summed E-state index contributed by atoms with van der Waals surface area (Å²) in [7, 11) is 0. The molecule has 2 aromatic heterocycles. The highest BCUT2D eigenvalue weighted by Crippen LogP contribution is 2.43. The fraction of sp³-hybridized carbons (Fsp3) is 0.364. The molecule has 2 unspecified atom stereocenters. The summed E-state index contributed by atoms with van der Waals surface area (Å²) in [5.74, 6) is 0.0658. The quantitative estimate of drug-likeness (QED) is 0.697. The first kappa shape index (κ1) is 12.9. The largest absolute Gasteiger partial charge is 0.388 e. The molecule has 2 aromatic rings. The summed E-state index contributed by atoms with van der Waals surface area (Å²) < 4.78 is 27.0. The minimum absolute atomic E-state index is 0.0173. The number of imidazole rings is 1.